The van der Waals surface area contributed by atoms with Gasteiger partial charge in [-0.05, 0) is 12.1 Å². The predicted octanol–water partition coefficient (Wildman–Crippen LogP) is 2.58. The molecule has 0 radical (unpaired) electrons. The molecule has 0 spiro atoms. The van der Waals surface area contributed by atoms with Crippen molar-refractivity contribution >= 4 is 11.7 Å². The van der Waals surface area contributed by atoms with Gasteiger partial charge in [-0.15, -0.1) is 0 Å². The van der Waals surface area contributed by atoms with Crippen LogP contribution in [0.5, 0.6) is 5.75 Å². The highest BCUT2D eigenvalue weighted by Gasteiger charge is 2.20. The molecule has 1 aliphatic heterocycles. The standard InChI is InChI=1S/C14H18F2N2O3/c1-18(8-13(15)16)14(19)17-11-4-2-3-5-12(11)21-10-6-7-20-9-10/h2-5,10,13H,6-9H2,1H3,(H,17,19)/t10-/m0/s1. The van der Waals surface area contributed by atoms with E-state index in [1.54, 1.807) is 24.3 Å². The Kier molecular flexibility index (Phi) is 5.32. The van der Waals surface area contributed by atoms with Gasteiger partial charge in [-0.1, -0.05) is 12.1 Å². The van der Waals surface area contributed by atoms with Gasteiger partial charge in [0, 0.05) is 13.5 Å². The first-order valence-electron chi connectivity index (χ1n) is 6.70. The van der Waals surface area contributed by atoms with Crippen LogP contribution in [-0.4, -0.2) is 50.3 Å². The molecule has 1 aliphatic rings. The number of amides is 2. The number of urea groups is 1. The van der Waals surface area contributed by atoms with Gasteiger partial charge in [-0.2, -0.15) is 0 Å². The monoisotopic (exact) mass is 300 g/mol. The summed E-state index contributed by atoms with van der Waals surface area (Å²) in [6, 6.07) is 6.30. The van der Waals surface area contributed by atoms with Crippen LogP contribution in [0.3, 0.4) is 0 Å². The zero-order valence-corrected chi connectivity index (χ0v) is 11.7. The molecular weight excluding hydrogens is 282 g/mol. The number of hydrogen-bond donors (Lipinski definition) is 1. The molecule has 7 heteroatoms. The second-order valence-electron chi connectivity index (χ2n) is 4.80. The smallest absolute Gasteiger partial charge is 0.321 e. The van der Waals surface area contributed by atoms with E-state index in [0.717, 1.165) is 11.3 Å². The third-order valence-corrected chi connectivity index (χ3v) is 3.07. The molecule has 0 unspecified atom stereocenters. The highest BCUT2D eigenvalue weighted by atomic mass is 19.3. The third-order valence-electron chi connectivity index (χ3n) is 3.07. The van der Waals surface area contributed by atoms with E-state index < -0.39 is 19.0 Å². The summed E-state index contributed by atoms with van der Waals surface area (Å²) in [7, 11) is 1.32. The first-order valence-corrected chi connectivity index (χ1v) is 6.70. The molecule has 0 aliphatic carbocycles. The topological polar surface area (TPSA) is 50.8 Å². The van der Waals surface area contributed by atoms with Crippen molar-refractivity contribution in [2.24, 2.45) is 0 Å². The van der Waals surface area contributed by atoms with Gasteiger partial charge >= 0.3 is 6.03 Å². The molecule has 0 saturated carbocycles. The quantitative estimate of drug-likeness (QED) is 0.909. The fourth-order valence-corrected chi connectivity index (χ4v) is 1.96. The van der Waals surface area contributed by atoms with Crippen LogP contribution < -0.4 is 10.1 Å². The van der Waals surface area contributed by atoms with Crippen molar-refractivity contribution in [2.45, 2.75) is 19.0 Å². The zero-order chi connectivity index (χ0) is 15.2. The number of rotatable bonds is 5. The summed E-state index contributed by atoms with van der Waals surface area (Å²) in [6.45, 7) is 0.537. The maximum absolute atomic E-state index is 12.3. The minimum absolute atomic E-state index is 0.0538. The van der Waals surface area contributed by atoms with Crippen LogP contribution >= 0.6 is 0 Å². The molecule has 2 rings (SSSR count). The minimum Gasteiger partial charge on any atom is -0.486 e. The SMILES string of the molecule is CN(CC(F)F)C(=O)Nc1ccccc1O[C@H]1CCOC1. The lowest BCUT2D eigenvalue weighted by Crippen LogP contribution is -2.35. The van der Waals surface area contributed by atoms with Crippen molar-refractivity contribution < 1.29 is 23.0 Å². The number of carbonyl (C=O) groups excluding carboxylic acids is 1. The van der Waals surface area contributed by atoms with Gasteiger partial charge in [-0.3, -0.25) is 0 Å². The molecule has 1 atom stereocenters. The normalized spacial score (nSPS) is 17.8. The van der Waals surface area contributed by atoms with Crippen LogP contribution in [0.25, 0.3) is 0 Å². The van der Waals surface area contributed by atoms with Gasteiger partial charge in [0.25, 0.3) is 6.43 Å². The number of ether oxygens (including phenoxy) is 2. The fourth-order valence-electron chi connectivity index (χ4n) is 1.96. The minimum atomic E-state index is -2.57. The van der Waals surface area contributed by atoms with E-state index in [4.69, 9.17) is 9.47 Å². The van der Waals surface area contributed by atoms with E-state index in [-0.39, 0.29) is 6.10 Å². The predicted molar refractivity (Wildman–Crippen MR) is 73.9 cm³/mol. The Balaban J connectivity index is 2.00. The number of nitrogens with one attached hydrogen (secondary N) is 1. The molecule has 1 N–H and O–H groups in total. The number of halogens is 2. The molecule has 0 aromatic heterocycles. The Morgan fingerprint density at radius 3 is 2.95 bits per heavy atom. The van der Waals surface area contributed by atoms with Crippen LogP contribution in [-0.2, 0) is 4.74 Å². The second kappa shape index (κ2) is 7.21. The molecule has 5 nitrogen and oxygen atoms in total. The number of para-hydroxylation sites is 2. The summed E-state index contributed by atoms with van der Waals surface area (Å²) >= 11 is 0. The van der Waals surface area contributed by atoms with Gasteiger partial charge in [0.15, 0.2) is 0 Å². The number of carbonyl (C=O) groups is 1. The second-order valence-corrected chi connectivity index (χ2v) is 4.80. The van der Waals surface area contributed by atoms with Gasteiger partial charge in [0.1, 0.15) is 11.9 Å². The summed E-state index contributed by atoms with van der Waals surface area (Å²) in [5.74, 6) is 0.506. The van der Waals surface area contributed by atoms with Gasteiger partial charge < -0.3 is 19.7 Å². The van der Waals surface area contributed by atoms with E-state index in [1.807, 2.05) is 0 Å². The van der Waals surface area contributed by atoms with E-state index >= 15 is 0 Å². The van der Waals surface area contributed by atoms with Crippen LogP contribution in [0.15, 0.2) is 24.3 Å². The lowest BCUT2D eigenvalue weighted by Gasteiger charge is -2.20. The summed E-state index contributed by atoms with van der Waals surface area (Å²) in [5, 5.41) is 2.58. The third kappa shape index (κ3) is 4.56. The highest BCUT2D eigenvalue weighted by Crippen LogP contribution is 2.26. The fraction of sp³-hybridized carbons (Fsp3) is 0.500. The number of anilines is 1. The largest absolute Gasteiger partial charge is 0.486 e. The van der Waals surface area contributed by atoms with Crippen molar-refractivity contribution in [1.82, 2.24) is 4.90 Å². The molecule has 0 bridgehead atoms. The number of alkyl halides is 2. The number of nitrogens with zero attached hydrogens (tertiary/aromatic N) is 1. The van der Waals surface area contributed by atoms with E-state index in [1.165, 1.54) is 7.05 Å². The van der Waals surface area contributed by atoms with Crippen LogP contribution in [0, 0.1) is 0 Å². The maximum Gasteiger partial charge on any atom is 0.321 e. The van der Waals surface area contributed by atoms with Crippen molar-refractivity contribution in [3.63, 3.8) is 0 Å². The van der Waals surface area contributed by atoms with Crippen LogP contribution in [0.1, 0.15) is 6.42 Å². The Morgan fingerprint density at radius 2 is 2.29 bits per heavy atom. The zero-order valence-electron chi connectivity index (χ0n) is 11.7. The Hall–Kier alpha value is -1.89. The molecule has 1 heterocycles. The molecular formula is C14H18F2N2O3. The van der Waals surface area contributed by atoms with Crippen LogP contribution in [0.4, 0.5) is 19.3 Å². The van der Waals surface area contributed by atoms with Crippen molar-refractivity contribution in [1.29, 1.82) is 0 Å². The Morgan fingerprint density at radius 1 is 1.52 bits per heavy atom. The molecule has 1 aromatic rings. The summed E-state index contributed by atoms with van der Waals surface area (Å²) < 4.78 is 35.5. The maximum atomic E-state index is 12.3. The summed E-state index contributed by atoms with van der Waals surface area (Å²) in [5.41, 5.74) is 0.454. The van der Waals surface area contributed by atoms with Crippen molar-refractivity contribution in [2.75, 3.05) is 32.1 Å². The lowest BCUT2D eigenvalue weighted by atomic mass is 10.2. The summed E-state index contributed by atoms with van der Waals surface area (Å²) in [4.78, 5) is 12.8. The van der Waals surface area contributed by atoms with E-state index in [9.17, 15) is 13.6 Å². The molecule has 1 fully saturated rings. The van der Waals surface area contributed by atoms with E-state index in [2.05, 4.69) is 5.32 Å². The van der Waals surface area contributed by atoms with Gasteiger partial charge in [0.2, 0.25) is 0 Å². The first-order chi connectivity index (χ1) is 10.1. The molecule has 1 saturated heterocycles. The Labute approximate surface area is 121 Å². The van der Waals surface area contributed by atoms with E-state index in [0.29, 0.717) is 24.7 Å². The van der Waals surface area contributed by atoms with Crippen molar-refractivity contribution in [3.05, 3.63) is 24.3 Å². The Bertz CT molecular complexity index is 479. The highest BCUT2D eigenvalue weighted by molar-refractivity contribution is 5.90. The van der Waals surface area contributed by atoms with Gasteiger partial charge in [-0.25, -0.2) is 13.6 Å². The lowest BCUT2D eigenvalue weighted by molar-refractivity contribution is 0.111. The van der Waals surface area contributed by atoms with Gasteiger partial charge in [0.05, 0.1) is 25.4 Å². The molecule has 1 aromatic carbocycles. The molecule has 2 amide bonds. The molecule has 116 valence electrons. The number of benzene rings is 1. The average Bonchev–Trinajstić information content (AvgIpc) is 2.93. The molecule has 21 heavy (non-hydrogen) atoms. The van der Waals surface area contributed by atoms with Crippen molar-refractivity contribution in [3.8, 4) is 5.75 Å². The first kappa shape index (κ1) is 15.5. The number of hydrogen-bond acceptors (Lipinski definition) is 3. The van der Waals surface area contributed by atoms with Crippen LogP contribution in [0.2, 0.25) is 0 Å². The summed E-state index contributed by atoms with van der Waals surface area (Å²) in [6.07, 6.45) is -1.84. The average molecular weight is 300 g/mol.